The molecule has 0 unspecified atom stereocenters. The van der Waals surface area contributed by atoms with Crippen LogP contribution in [0.15, 0.2) is 24.3 Å². The lowest BCUT2D eigenvalue weighted by Crippen LogP contribution is -2.33. The lowest BCUT2D eigenvalue weighted by atomic mass is 10.2. The Bertz CT molecular complexity index is 566. The molecular formula is C12H15N5OS. The first-order chi connectivity index (χ1) is 9.04. The number of hydrogen-bond acceptors (Lipinski definition) is 6. The first kappa shape index (κ1) is 13.3. The summed E-state index contributed by atoms with van der Waals surface area (Å²) in [6.07, 6.45) is 0. The third-order valence-electron chi connectivity index (χ3n) is 2.49. The molecular weight excluding hydrogens is 262 g/mol. The van der Waals surface area contributed by atoms with Crippen molar-refractivity contribution in [3.63, 3.8) is 0 Å². The zero-order chi connectivity index (χ0) is 13.8. The maximum absolute atomic E-state index is 11.2. The van der Waals surface area contributed by atoms with Crippen molar-refractivity contribution < 1.29 is 4.79 Å². The summed E-state index contributed by atoms with van der Waals surface area (Å²) < 4.78 is 0. The maximum Gasteiger partial charge on any atom is 0.237 e. The molecule has 0 saturated heterocycles. The predicted molar refractivity (Wildman–Crippen MR) is 75.7 cm³/mol. The predicted octanol–water partition coefficient (Wildman–Crippen LogP) is 0.921. The van der Waals surface area contributed by atoms with Gasteiger partial charge in [0.25, 0.3) is 0 Å². The Morgan fingerprint density at radius 3 is 2.53 bits per heavy atom. The second-order valence-corrected chi connectivity index (χ2v) is 5.33. The van der Waals surface area contributed by atoms with E-state index in [9.17, 15) is 4.79 Å². The Balaban J connectivity index is 2.18. The first-order valence-corrected chi connectivity index (χ1v) is 6.54. The molecule has 0 aliphatic heterocycles. The zero-order valence-corrected chi connectivity index (χ0v) is 11.4. The van der Waals surface area contributed by atoms with Gasteiger partial charge >= 0.3 is 0 Å². The van der Waals surface area contributed by atoms with Gasteiger partial charge in [-0.2, -0.15) is 0 Å². The third kappa shape index (κ3) is 3.65. The van der Waals surface area contributed by atoms with Crippen molar-refractivity contribution in [2.75, 3.05) is 17.2 Å². The summed E-state index contributed by atoms with van der Waals surface area (Å²) in [4.78, 5) is 13.0. The standard InChI is InChI=1S/C12H15N5OS/c1-8-15-16-12(19-8)17(7-11(14)18)6-9-2-4-10(13)5-3-9/h2-5H,6-7,13H2,1H3,(H2,14,18). The Hall–Kier alpha value is -2.15. The second-order valence-electron chi connectivity index (χ2n) is 4.17. The van der Waals surface area contributed by atoms with Gasteiger partial charge in [0.05, 0.1) is 6.54 Å². The average Bonchev–Trinajstić information content (AvgIpc) is 2.77. The fourth-order valence-electron chi connectivity index (χ4n) is 1.64. The second kappa shape index (κ2) is 5.66. The molecule has 1 heterocycles. The summed E-state index contributed by atoms with van der Waals surface area (Å²) in [5, 5.41) is 9.54. The van der Waals surface area contributed by atoms with E-state index in [0.717, 1.165) is 10.6 Å². The minimum Gasteiger partial charge on any atom is -0.399 e. The highest BCUT2D eigenvalue weighted by Crippen LogP contribution is 2.21. The van der Waals surface area contributed by atoms with Crippen LogP contribution >= 0.6 is 11.3 Å². The highest BCUT2D eigenvalue weighted by molar-refractivity contribution is 7.15. The van der Waals surface area contributed by atoms with Gasteiger partial charge < -0.3 is 16.4 Å². The van der Waals surface area contributed by atoms with Gasteiger partial charge in [-0.25, -0.2) is 0 Å². The lowest BCUT2D eigenvalue weighted by molar-refractivity contribution is -0.116. The van der Waals surface area contributed by atoms with E-state index < -0.39 is 5.91 Å². The summed E-state index contributed by atoms with van der Waals surface area (Å²) >= 11 is 1.43. The van der Waals surface area contributed by atoms with Gasteiger partial charge in [0.15, 0.2) is 0 Å². The number of aryl methyl sites for hydroxylation is 1. The van der Waals surface area contributed by atoms with Crippen molar-refractivity contribution in [1.82, 2.24) is 10.2 Å². The monoisotopic (exact) mass is 277 g/mol. The number of carbonyl (C=O) groups excluding carboxylic acids is 1. The number of amides is 1. The normalized spacial score (nSPS) is 10.4. The molecule has 19 heavy (non-hydrogen) atoms. The van der Waals surface area contributed by atoms with Crippen molar-refractivity contribution in [3.8, 4) is 0 Å². The van der Waals surface area contributed by atoms with Crippen LogP contribution in [-0.4, -0.2) is 22.6 Å². The molecule has 1 amide bonds. The van der Waals surface area contributed by atoms with Gasteiger partial charge in [-0.15, -0.1) is 10.2 Å². The number of hydrogen-bond donors (Lipinski definition) is 2. The molecule has 1 aromatic heterocycles. The van der Waals surface area contributed by atoms with Gasteiger partial charge in [0.1, 0.15) is 5.01 Å². The molecule has 4 N–H and O–H groups in total. The lowest BCUT2D eigenvalue weighted by Gasteiger charge is -2.19. The molecule has 0 aliphatic rings. The van der Waals surface area contributed by atoms with Crippen LogP contribution < -0.4 is 16.4 Å². The van der Waals surface area contributed by atoms with Crippen LogP contribution in [0, 0.1) is 6.92 Å². The van der Waals surface area contributed by atoms with E-state index in [2.05, 4.69) is 10.2 Å². The molecule has 0 saturated carbocycles. The van der Waals surface area contributed by atoms with Crippen molar-refractivity contribution in [2.45, 2.75) is 13.5 Å². The molecule has 0 radical (unpaired) electrons. The molecule has 0 bridgehead atoms. The number of aromatic nitrogens is 2. The Kier molecular flexibility index (Phi) is 3.96. The van der Waals surface area contributed by atoms with Gasteiger partial charge in [0, 0.05) is 12.2 Å². The van der Waals surface area contributed by atoms with Crippen molar-refractivity contribution >= 4 is 28.1 Å². The van der Waals surface area contributed by atoms with E-state index >= 15 is 0 Å². The number of rotatable bonds is 5. The van der Waals surface area contributed by atoms with Crippen LogP contribution in [0.3, 0.4) is 0 Å². The molecule has 1 aromatic carbocycles. The smallest absolute Gasteiger partial charge is 0.237 e. The summed E-state index contributed by atoms with van der Waals surface area (Å²) in [5.41, 5.74) is 12.7. The number of nitrogens with two attached hydrogens (primary N) is 2. The van der Waals surface area contributed by atoms with Crippen LogP contribution in [0.5, 0.6) is 0 Å². The van der Waals surface area contributed by atoms with E-state index in [-0.39, 0.29) is 6.54 Å². The molecule has 7 heteroatoms. The number of benzene rings is 1. The Morgan fingerprint density at radius 2 is 2.00 bits per heavy atom. The van der Waals surface area contributed by atoms with Crippen LogP contribution in [0.25, 0.3) is 0 Å². The molecule has 6 nitrogen and oxygen atoms in total. The Morgan fingerprint density at radius 1 is 1.32 bits per heavy atom. The van der Waals surface area contributed by atoms with Gasteiger partial charge in [-0.1, -0.05) is 23.5 Å². The summed E-state index contributed by atoms with van der Waals surface area (Å²) in [5.74, 6) is -0.400. The molecule has 0 aliphatic carbocycles. The summed E-state index contributed by atoms with van der Waals surface area (Å²) in [6, 6.07) is 7.47. The third-order valence-corrected chi connectivity index (χ3v) is 3.39. The Labute approximate surface area is 115 Å². The minimum absolute atomic E-state index is 0.110. The SMILES string of the molecule is Cc1nnc(N(CC(N)=O)Cc2ccc(N)cc2)s1. The average molecular weight is 277 g/mol. The van der Waals surface area contributed by atoms with Crippen molar-refractivity contribution in [2.24, 2.45) is 5.73 Å². The summed E-state index contributed by atoms with van der Waals surface area (Å²) in [7, 11) is 0. The van der Waals surface area contributed by atoms with E-state index in [4.69, 9.17) is 11.5 Å². The molecule has 0 atom stereocenters. The fraction of sp³-hybridized carbons (Fsp3) is 0.250. The van der Waals surface area contributed by atoms with Crippen LogP contribution in [0.4, 0.5) is 10.8 Å². The largest absolute Gasteiger partial charge is 0.399 e. The van der Waals surface area contributed by atoms with Gasteiger partial charge in [-0.05, 0) is 24.6 Å². The number of carbonyl (C=O) groups is 1. The van der Waals surface area contributed by atoms with E-state index in [1.165, 1.54) is 11.3 Å². The first-order valence-electron chi connectivity index (χ1n) is 5.72. The summed E-state index contributed by atoms with van der Waals surface area (Å²) in [6.45, 7) is 2.52. The maximum atomic E-state index is 11.2. The van der Waals surface area contributed by atoms with Crippen LogP contribution in [0.2, 0.25) is 0 Å². The molecule has 0 fully saturated rings. The fourth-order valence-corrected chi connectivity index (χ4v) is 2.32. The highest BCUT2D eigenvalue weighted by atomic mass is 32.1. The topological polar surface area (TPSA) is 98.1 Å². The van der Waals surface area contributed by atoms with E-state index in [1.54, 1.807) is 4.90 Å². The molecule has 0 spiro atoms. The zero-order valence-electron chi connectivity index (χ0n) is 10.5. The quantitative estimate of drug-likeness (QED) is 0.792. The van der Waals surface area contributed by atoms with Gasteiger partial charge in [-0.3, -0.25) is 4.79 Å². The van der Waals surface area contributed by atoms with E-state index in [0.29, 0.717) is 17.4 Å². The van der Waals surface area contributed by atoms with E-state index in [1.807, 2.05) is 31.2 Å². The van der Waals surface area contributed by atoms with Gasteiger partial charge in [0.2, 0.25) is 11.0 Å². The molecule has 2 aromatic rings. The number of nitrogens with zero attached hydrogens (tertiary/aromatic N) is 3. The van der Waals surface area contributed by atoms with Crippen molar-refractivity contribution in [1.29, 1.82) is 0 Å². The number of anilines is 2. The van der Waals surface area contributed by atoms with Crippen molar-refractivity contribution in [3.05, 3.63) is 34.8 Å². The number of primary amides is 1. The minimum atomic E-state index is -0.400. The van der Waals surface area contributed by atoms with Crippen LogP contribution in [0.1, 0.15) is 10.6 Å². The molecule has 2 rings (SSSR count). The number of nitrogen functional groups attached to an aromatic ring is 1. The molecule has 100 valence electrons. The highest BCUT2D eigenvalue weighted by Gasteiger charge is 2.14. The van der Waals surface area contributed by atoms with Crippen LogP contribution in [-0.2, 0) is 11.3 Å².